The molecule has 0 saturated carbocycles. The third-order valence-corrected chi connectivity index (χ3v) is 3.49. The Hall–Kier alpha value is -1.50. The number of rotatable bonds is 2. The van der Waals surface area contributed by atoms with Crippen molar-refractivity contribution < 1.29 is 14.3 Å². The number of anilines is 2. The van der Waals surface area contributed by atoms with E-state index in [1.54, 1.807) is 6.07 Å². The molecule has 1 aliphatic rings. The maximum Gasteiger partial charge on any atom is 0.262 e. The number of carbonyl (C=O) groups is 2. The number of hydrogen-bond donors (Lipinski definition) is 3. The van der Waals surface area contributed by atoms with Crippen LogP contribution in [0.4, 0.5) is 11.4 Å². The minimum atomic E-state index is -0.676. The Labute approximate surface area is 140 Å². The maximum atomic E-state index is 12.1. The summed E-state index contributed by atoms with van der Waals surface area (Å²) < 4.78 is 5.29. The zero-order chi connectivity index (χ0) is 15.8. The minimum absolute atomic E-state index is 0. The van der Waals surface area contributed by atoms with Crippen LogP contribution in [0.1, 0.15) is 20.8 Å². The highest BCUT2D eigenvalue weighted by molar-refractivity contribution is 6.34. The smallest absolute Gasteiger partial charge is 0.262 e. The molecule has 0 fully saturated rings. The van der Waals surface area contributed by atoms with Gasteiger partial charge in [0.2, 0.25) is 5.91 Å². The summed E-state index contributed by atoms with van der Waals surface area (Å²) in [6.45, 7) is 5.57. The Kier molecular flexibility index (Phi) is 5.67. The van der Waals surface area contributed by atoms with E-state index in [0.29, 0.717) is 22.1 Å². The van der Waals surface area contributed by atoms with Crippen molar-refractivity contribution in [1.82, 2.24) is 0 Å². The summed E-state index contributed by atoms with van der Waals surface area (Å²) in [6.07, 6.45) is 0. The largest absolute Gasteiger partial charge is 0.482 e. The minimum Gasteiger partial charge on any atom is -0.482 e. The molecule has 2 rings (SSSR count). The lowest BCUT2D eigenvalue weighted by atomic mass is 9.87. The Morgan fingerprint density at radius 3 is 2.68 bits per heavy atom. The molecule has 1 aliphatic heterocycles. The summed E-state index contributed by atoms with van der Waals surface area (Å²) in [5, 5.41) is 5.63. The van der Waals surface area contributed by atoms with Crippen LogP contribution in [0.2, 0.25) is 5.02 Å². The number of carbonyl (C=O) groups excluding carboxylic acids is 2. The molecule has 6 nitrogen and oxygen atoms in total. The van der Waals surface area contributed by atoms with Crippen LogP contribution < -0.4 is 21.1 Å². The molecule has 122 valence electrons. The summed E-state index contributed by atoms with van der Waals surface area (Å²) >= 11 is 6.11. The lowest BCUT2D eigenvalue weighted by Gasteiger charge is -2.26. The Morgan fingerprint density at radius 2 is 2.09 bits per heavy atom. The van der Waals surface area contributed by atoms with E-state index < -0.39 is 6.04 Å². The van der Waals surface area contributed by atoms with E-state index in [9.17, 15) is 9.59 Å². The molecule has 1 atom stereocenters. The molecule has 2 amide bonds. The quantitative estimate of drug-likeness (QED) is 0.765. The fourth-order valence-corrected chi connectivity index (χ4v) is 2.01. The van der Waals surface area contributed by atoms with Crippen molar-refractivity contribution in [3.05, 3.63) is 17.2 Å². The van der Waals surface area contributed by atoms with E-state index in [-0.39, 0.29) is 36.2 Å². The van der Waals surface area contributed by atoms with Gasteiger partial charge >= 0.3 is 0 Å². The highest BCUT2D eigenvalue weighted by Gasteiger charge is 2.28. The summed E-state index contributed by atoms with van der Waals surface area (Å²) in [5.41, 5.74) is 6.42. The Morgan fingerprint density at radius 1 is 1.45 bits per heavy atom. The van der Waals surface area contributed by atoms with E-state index in [4.69, 9.17) is 22.1 Å². The topological polar surface area (TPSA) is 93.5 Å². The molecule has 0 aromatic heterocycles. The van der Waals surface area contributed by atoms with Gasteiger partial charge in [-0.15, -0.1) is 12.4 Å². The van der Waals surface area contributed by atoms with Gasteiger partial charge in [-0.25, -0.2) is 0 Å². The van der Waals surface area contributed by atoms with Crippen LogP contribution in [0.15, 0.2) is 12.1 Å². The molecule has 1 heterocycles. The van der Waals surface area contributed by atoms with Crippen LogP contribution in [0.25, 0.3) is 0 Å². The van der Waals surface area contributed by atoms with Crippen molar-refractivity contribution >= 4 is 47.2 Å². The van der Waals surface area contributed by atoms with E-state index in [0.717, 1.165) is 0 Å². The van der Waals surface area contributed by atoms with Crippen LogP contribution in [0.3, 0.4) is 0 Å². The van der Waals surface area contributed by atoms with Crippen LogP contribution in [-0.2, 0) is 9.59 Å². The van der Waals surface area contributed by atoms with Crippen LogP contribution in [0.5, 0.6) is 5.75 Å². The lowest BCUT2D eigenvalue weighted by molar-refractivity contribution is -0.120. The zero-order valence-electron chi connectivity index (χ0n) is 12.5. The van der Waals surface area contributed by atoms with Crippen molar-refractivity contribution in [2.45, 2.75) is 26.8 Å². The van der Waals surface area contributed by atoms with Crippen molar-refractivity contribution in [1.29, 1.82) is 0 Å². The number of benzene rings is 1. The maximum absolute atomic E-state index is 12.1. The fourth-order valence-electron chi connectivity index (χ4n) is 1.80. The molecular weight excluding hydrogens is 329 g/mol. The fraction of sp³-hybridized carbons (Fsp3) is 0.429. The van der Waals surface area contributed by atoms with Crippen LogP contribution in [-0.4, -0.2) is 24.5 Å². The third kappa shape index (κ3) is 4.03. The first-order valence-electron chi connectivity index (χ1n) is 6.51. The van der Waals surface area contributed by atoms with Gasteiger partial charge in [-0.05, 0) is 11.5 Å². The van der Waals surface area contributed by atoms with Gasteiger partial charge in [0.1, 0.15) is 5.75 Å². The SMILES string of the molecule is CC(C)(C)[C@H](N)C(=O)Nc1cc2c(cc1Cl)NC(=O)CO2.Cl. The summed E-state index contributed by atoms with van der Waals surface area (Å²) in [7, 11) is 0. The first kappa shape index (κ1) is 18.5. The van der Waals surface area contributed by atoms with Crippen molar-refractivity contribution in [3.8, 4) is 5.75 Å². The molecule has 0 radical (unpaired) electrons. The van der Waals surface area contributed by atoms with Gasteiger partial charge in [-0.3, -0.25) is 9.59 Å². The molecular formula is C14H19Cl2N3O3. The molecule has 1 aromatic carbocycles. The number of fused-ring (bicyclic) bond motifs is 1. The van der Waals surface area contributed by atoms with Crippen molar-refractivity contribution in [2.24, 2.45) is 11.1 Å². The van der Waals surface area contributed by atoms with Gasteiger partial charge in [0.05, 0.1) is 22.4 Å². The first-order valence-corrected chi connectivity index (χ1v) is 6.89. The second kappa shape index (κ2) is 6.73. The van der Waals surface area contributed by atoms with Crippen LogP contribution >= 0.6 is 24.0 Å². The molecule has 0 spiro atoms. The van der Waals surface area contributed by atoms with Crippen molar-refractivity contribution in [2.75, 3.05) is 17.2 Å². The predicted molar refractivity (Wildman–Crippen MR) is 88.9 cm³/mol. The average molecular weight is 348 g/mol. The van der Waals surface area contributed by atoms with E-state index in [1.807, 2.05) is 20.8 Å². The summed E-state index contributed by atoms with van der Waals surface area (Å²) in [5.74, 6) is -0.118. The lowest BCUT2D eigenvalue weighted by Crippen LogP contribution is -2.45. The monoisotopic (exact) mass is 347 g/mol. The second-order valence-corrected chi connectivity index (χ2v) is 6.41. The molecule has 22 heavy (non-hydrogen) atoms. The van der Waals surface area contributed by atoms with Crippen molar-refractivity contribution in [3.63, 3.8) is 0 Å². The summed E-state index contributed by atoms with van der Waals surface area (Å²) in [4.78, 5) is 23.4. The van der Waals surface area contributed by atoms with E-state index in [1.165, 1.54) is 6.07 Å². The number of hydrogen-bond acceptors (Lipinski definition) is 4. The molecule has 0 bridgehead atoms. The zero-order valence-corrected chi connectivity index (χ0v) is 14.1. The van der Waals surface area contributed by atoms with Gasteiger partial charge in [0, 0.05) is 6.07 Å². The standard InChI is InChI=1S/C14H18ClN3O3.ClH/c1-14(2,3)12(16)13(20)18-8-5-10-9(4-7(8)15)17-11(19)6-21-10;/h4-5,12H,6,16H2,1-3H3,(H,17,19)(H,18,20);1H/t12-;/m1./s1. The van der Waals surface area contributed by atoms with Gasteiger partial charge in [-0.2, -0.15) is 0 Å². The van der Waals surface area contributed by atoms with Gasteiger partial charge in [-0.1, -0.05) is 32.4 Å². The number of amides is 2. The first-order chi connectivity index (χ1) is 9.68. The summed E-state index contributed by atoms with van der Waals surface area (Å²) in [6, 6.07) is 2.43. The van der Waals surface area contributed by atoms with Gasteiger partial charge in [0.25, 0.3) is 5.91 Å². The Bertz CT molecular complexity index is 600. The molecule has 1 aromatic rings. The predicted octanol–water partition coefficient (Wildman–Crippen LogP) is 2.40. The highest BCUT2D eigenvalue weighted by atomic mass is 35.5. The number of ether oxygens (including phenoxy) is 1. The third-order valence-electron chi connectivity index (χ3n) is 3.18. The highest BCUT2D eigenvalue weighted by Crippen LogP contribution is 2.36. The number of halogens is 2. The van der Waals surface area contributed by atoms with E-state index in [2.05, 4.69) is 10.6 Å². The van der Waals surface area contributed by atoms with Gasteiger partial charge in [0.15, 0.2) is 6.61 Å². The Balaban J connectivity index is 0.00000242. The molecule has 4 N–H and O–H groups in total. The average Bonchev–Trinajstić information content (AvgIpc) is 2.37. The molecule has 0 unspecified atom stereocenters. The number of nitrogens with two attached hydrogens (primary N) is 1. The van der Waals surface area contributed by atoms with E-state index >= 15 is 0 Å². The van der Waals surface area contributed by atoms with Crippen LogP contribution in [0, 0.1) is 5.41 Å². The normalized spacial score (nSPS) is 14.9. The second-order valence-electron chi connectivity index (χ2n) is 6.00. The molecule has 0 aliphatic carbocycles. The molecule has 8 heteroatoms. The van der Waals surface area contributed by atoms with Gasteiger partial charge < -0.3 is 21.1 Å². The number of nitrogens with one attached hydrogen (secondary N) is 2. The molecule has 0 saturated heterocycles.